The zero-order valence-corrected chi connectivity index (χ0v) is 21.2. The summed E-state index contributed by atoms with van der Waals surface area (Å²) in [6.07, 6.45) is 5.40. The van der Waals surface area contributed by atoms with Gasteiger partial charge in [0.2, 0.25) is 0 Å². The van der Waals surface area contributed by atoms with E-state index in [0.717, 1.165) is 35.0 Å². The molecule has 0 amide bonds. The quantitative estimate of drug-likeness (QED) is 0.388. The Morgan fingerprint density at radius 2 is 1.64 bits per heavy atom. The van der Waals surface area contributed by atoms with Gasteiger partial charge in [-0.1, -0.05) is 31.2 Å². The summed E-state index contributed by atoms with van der Waals surface area (Å²) in [7, 11) is 0. The van der Waals surface area contributed by atoms with Crippen LogP contribution < -0.4 is 0 Å². The fraction of sp³-hybridized carbons (Fsp3) is 0.429. The average Bonchev–Trinajstić information content (AvgIpc) is 3.54. The van der Waals surface area contributed by atoms with Crippen LogP contribution in [0.4, 0.5) is 4.39 Å². The normalized spacial score (nSPS) is 20.1. The van der Waals surface area contributed by atoms with Gasteiger partial charge in [-0.2, -0.15) is 0 Å². The molecule has 2 aliphatic heterocycles. The van der Waals surface area contributed by atoms with Crippen LogP contribution in [0, 0.1) is 19.7 Å². The van der Waals surface area contributed by atoms with Crippen LogP contribution in [0.2, 0.25) is 0 Å². The smallest absolute Gasteiger partial charge is 0.164 e. The SMILES string of the molecule is CCCN1C[C@@H]2C[C@H]1CN2Cc1ccc(Cn2c(-c3cncc(F)c3)nc3c(C)nc(C)nc32)cc1. The number of likely N-dealkylation sites (tertiary alicyclic amines) is 2. The van der Waals surface area contributed by atoms with Crippen LogP contribution in [0.3, 0.4) is 0 Å². The Hall–Kier alpha value is -3.23. The fourth-order valence-corrected chi connectivity index (χ4v) is 5.93. The van der Waals surface area contributed by atoms with E-state index < -0.39 is 0 Å². The first-order valence-electron chi connectivity index (χ1n) is 12.9. The Kier molecular flexibility index (Phi) is 6.01. The minimum Gasteiger partial charge on any atom is -0.304 e. The van der Waals surface area contributed by atoms with E-state index in [9.17, 15) is 4.39 Å². The fourth-order valence-electron chi connectivity index (χ4n) is 5.93. The Morgan fingerprint density at radius 1 is 0.917 bits per heavy atom. The van der Waals surface area contributed by atoms with Crippen molar-refractivity contribution in [3.63, 3.8) is 0 Å². The van der Waals surface area contributed by atoms with Gasteiger partial charge < -0.3 is 4.57 Å². The van der Waals surface area contributed by atoms with Crippen LogP contribution in [0.15, 0.2) is 42.7 Å². The summed E-state index contributed by atoms with van der Waals surface area (Å²) in [5.74, 6) is 0.953. The van der Waals surface area contributed by atoms with Gasteiger partial charge in [-0.25, -0.2) is 19.3 Å². The highest BCUT2D eigenvalue weighted by Crippen LogP contribution is 2.32. The molecular formula is C28H32FN7. The molecule has 0 unspecified atom stereocenters. The number of aromatic nitrogens is 5. The van der Waals surface area contributed by atoms with E-state index in [1.54, 1.807) is 6.20 Å². The van der Waals surface area contributed by atoms with Crippen molar-refractivity contribution in [3.8, 4) is 11.4 Å². The predicted molar refractivity (Wildman–Crippen MR) is 138 cm³/mol. The molecule has 2 aliphatic rings. The Bertz CT molecular complexity index is 1400. The number of halogens is 1. The number of nitrogens with zero attached hydrogens (tertiary/aromatic N) is 7. The van der Waals surface area contributed by atoms with Crippen LogP contribution in [0.25, 0.3) is 22.6 Å². The second kappa shape index (κ2) is 9.33. The second-order valence-electron chi connectivity index (χ2n) is 10.2. The van der Waals surface area contributed by atoms with Gasteiger partial charge in [0.05, 0.1) is 18.4 Å². The summed E-state index contributed by atoms with van der Waals surface area (Å²) in [6.45, 7) is 11.3. The van der Waals surface area contributed by atoms with Crippen LogP contribution >= 0.6 is 0 Å². The number of hydrogen-bond acceptors (Lipinski definition) is 6. The van der Waals surface area contributed by atoms with Gasteiger partial charge in [0.15, 0.2) is 5.65 Å². The zero-order chi connectivity index (χ0) is 24.8. The lowest BCUT2D eigenvalue weighted by molar-refractivity contribution is 0.123. The van der Waals surface area contributed by atoms with Gasteiger partial charge >= 0.3 is 0 Å². The van der Waals surface area contributed by atoms with Gasteiger partial charge in [-0.3, -0.25) is 14.8 Å². The Morgan fingerprint density at radius 3 is 2.33 bits per heavy atom. The van der Waals surface area contributed by atoms with E-state index in [-0.39, 0.29) is 5.82 Å². The number of hydrogen-bond donors (Lipinski definition) is 0. The molecule has 2 fully saturated rings. The molecule has 0 radical (unpaired) electrons. The number of pyridine rings is 1. The molecule has 6 rings (SSSR count). The third-order valence-electron chi connectivity index (χ3n) is 7.57. The maximum absolute atomic E-state index is 14.0. The molecule has 0 N–H and O–H groups in total. The minimum atomic E-state index is -0.386. The number of imidazole rings is 1. The van der Waals surface area contributed by atoms with E-state index >= 15 is 0 Å². The lowest BCUT2D eigenvalue weighted by Gasteiger charge is -2.34. The lowest BCUT2D eigenvalue weighted by atomic mass is 10.1. The second-order valence-corrected chi connectivity index (χ2v) is 10.2. The summed E-state index contributed by atoms with van der Waals surface area (Å²) in [4.78, 5) is 23.3. The summed E-state index contributed by atoms with van der Waals surface area (Å²) < 4.78 is 16.0. The number of rotatable bonds is 7. The number of piperazine rings is 1. The van der Waals surface area contributed by atoms with E-state index in [1.165, 1.54) is 50.3 Å². The first-order chi connectivity index (χ1) is 17.5. The maximum Gasteiger partial charge on any atom is 0.164 e. The van der Waals surface area contributed by atoms with E-state index in [2.05, 4.69) is 51.0 Å². The molecule has 8 heteroatoms. The van der Waals surface area contributed by atoms with E-state index in [1.807, 2.05) is 18.4 Å². The summed E-state index contributed by atoms with van der Waals surface area (Å²) >= 11 is 0. The summed E-state index contributed by atoms with van der Waals surface area (Å²) in [5, 5.41) is 0. The summed E-state index contributed by atoms with van der Waals surface area (Å²) in [5.41, 5.74) is 5.42. The Labute approximate surface area is 211 Å². The molecule has 186 valence electrons. The minimum absolute atomic E-state index is 0.386. The van der Waals surface area contributed by atoms with E-state index in [0.29, 0.717) is 29.8 Å². The molecular weight excluding hydrogens is 453 g/mol. The van der Waals surface area contributed by atoms with E-state index in [4.69, 9.17) is 9.97 Å². The number of benzene rings is 1. The van der Waals surface area contributed by atoms with Crippen molar-refractivity contribution in [2.45, 2.75) is 58.8 Å². The molecule has 36 heavy (non-hydrogen) atoms. The first kappa shape index (κ1) is 23.2. The molecule has 2 bridgehead atoms. The number of aryl methyl sites for hydroxylation is 2. The predicted octanol–water partition coefficient (Wildman–Crippen LogP) is 4.36. The van der Waals surface area contributed by atoms with Gasteiger partial charge in [-0.05, 0) is 50.4 Å². The highest BCUT2D eigenvalue weighted by atomic mass is 19.1. The van der Waals surface area contributed by atoms with Crippen molar-refractivity contribution >= 4 is 11.2 Å². The standard InChI is InChI=1S/C28H32FN7/c1-4-9-34-16-25-11-24(34)17-35(25)14-20-5-7-21(8-6-20)15-36-27(22-10-23(29)13-30-12-22)33-26-18(2)31-19(3)32-28(26)36/h5-8,10,12-13,24-25H,4,9,11,14-17H2,1-3H3/t24-,25-/m0/s1. The largest absolute Gasteiger partial charge is 0.304 e. The summed E-state index contributed by atoms with van der Waals surface area (Å²) in [6, 6.07) is 11.7. The first-order valence-corrected chi connectivity index (χ1v) is 12.9. The van der Waals surface area contributed by atoms with Crippen LogP contribution in [0.5, 0.6) is 0 Å². The molecule has 7 nitrogen and oxygen atoms in total. The molecule has 0 saturated carbocycles. The van der Waals surface area contributed by atoms with Crippen molar-refractivity contribution in [2.24, 2.45) is 0 Å². The third-order valence-corrected chi connectivity index (χ3v) is 7.57. The van der Waals surface area contributed by atoms with Crippen molar-refractivity contribution in [1.82, 2.24) is 34.3 Å². The highest BCUT2D eigenvalue weighted by Gasteiger charge is 2.42. The molecule has 2 atom stereocenters. The number of fused-ring (bicyclic) bond motifs is 3. The Balaban J connectivity index is 1.25. The molecule has 3 aromatic heterocycles. The average molecular weight is 486 g/mol. The van der Waals surface area contributed by atoms with Gasteiger partial charge in [-0.15, -0.1) is 0 Å². The molecule has 0 aliphatic carbocycles. The molecule has 1 aromatic carbocycles. The van der Waals surface area contributed by atoms with Crippen LogP contribution in [0.1, 0.15) is 42.4 Å². The van der Waals surface area contributed by atoms with Gasteiger partial charge in [0, 0.05) is 43.5 Å². The van der Waals surface area contributed by atoms with Crippen LogP contribution in [-0.2, 0) is 13.1 Å². The monoisotopic (exact) mass is 485 g/mol. The van der Waals surface area contributed by atoms with Crippen molar-refractivity contribution in [1.29, 1.82) is 0 Å². The maximum atomic E-state index is 14.0. The molecule has 2 saturated heterocycles. The lowest BCUT2D eigenvalue weighted by Crippen LogP contribution is -2.46. The third kappa shape index (κ3) is 4.29. The van der Waals surface area contributed by atoms with Crippen molar-refractivity contribution in [2.75, 3.05) is 19.6 Å². The van der Waals surface area contributed by atoms with Crippen LogP contribution in [-0.4, -0.2) is 66.0 Å². The van der Waals surface area contributed by atoms with Crippen molar-refractivity contribution in [3.05, 3.63) is 71.2 Å². The molecule has 5 heterocycles. The van der Waals surface area contributed by atoms with Gasteiger partial charge in [0.25, 0.3) is 0 Å². The molecule has 4 aromatic rings. The van der Waals surface area contributed by atoms with Gasteiger partial charge in [0.1, 0.15) is 23.0 Å². The zero-order valence-electron chi connectivity index (χ0n) is 21.2. The molecule has 0 spiro atoms. The topological polar surface area (TPSA) is 63.0 Å². The highest BCUT2D eigenvalue weighted by molar-refractivity contribution is 5.79. The van der Waals surface area contributed by atoms with Crippen molar-refractivity contribution < 1.29 is 4.39 Å².